The fourth-order valence-electron chi connectivity index (χ4n) is 2.75. The summed E-state index contributed by atoms with van der Waals surface area (Å²) in [4.78, 5) is 0. The number of rotatable bonds is 4. The Bertz CT molecular complexity index is 223. The van der Waals surface area contributed by atoms with E-state index < -0.39 is 5.60 Å². The van der Waals surface area contributed by atoms with E-state index in [9.17, 15) is 5.11 Å². The lowest BCUT2D eigenvalue weighted by Gasteiger charge is -2.38. The van der Waals surface area contributed by atoms with Gasteiger partial charge in [-0.25, -0.2) is 0 Å². The third-order valence-electron chi connectivity index (χ3n) is 3.87. The van der Waals surface area contributed by atoms with Crippen LogP contribution in [0.15, 0.2) is 0 Å². The molecule has 1 N–H and O–H groups in total. The Morgan fingerprint density at radius 2 is 2.00 bits per heavy atom. The number of nitriles is 1. The molecule has 2 heteroatoms. The van der Waals surface area contributed by atoms with Gasteiger partial charge in [-0.15, -0.1) is 0 Å². The van der Waals surface area contributed by atoms with Gasteiger partial charge in [0.25, 0.3) is 0 Å². The largest absolute Gasteiger partial charge is 0.389 e. The van der Waals surface area contributed by atoms with Gasteiger partial charge < -0.3 is 5.11 Å². The summed E-state index contributed by atoms with van der Waals surface area (Å²) in [6.07, 6.45) is 7.69. The summed E-state index contributed by atoms with van der Waals surface area (Å²) in [6, 6.07) is 2.29. The van der Waals surface area contributed by atoms with Crippen molar-refractivity contribution in [3.8, 4) is 6.07 Å². The van der Waals surface area contributed by atoms with Crippen LogP contribution in [0.4, 0.5) is 0 Å². The van der Waals surface area contributed by atoms with Crippen molar-refractivity contribution in [2.45, 2.75) is 64.4 Å². The third kappa shape index (κ3) is 2.95. The topological polar surface area (TPSA) is 44.0 Å². The Kier molecular flexibility index (Phi) is 4.60. The molecule has 1 aliphatic rings. The predicted octanol–water partition coefficient (Wildman–Crippen LogP) is 3.26. The average molecular weight is 209 g/mol. The highest BCUT2D eigenvalue weighted by Gasteiger charge is 2.39. The maximum absolute atomic E-state index is 10.5. The first kappa shape index (κ1) is 12.5. The molecule has 0 saturated heterocycles. The van der Waals surface area contributed by atoms with Crippen molar-refractivity contribution in [2.75, 3.05) is 0 Å². The van der Waals surface area contributed by atoms with Crippen LogP contribution >= 0.6 is 0 Å². The summed E-state index contributed by atoms with van der Waals surface area (Å²) < 4.78 is 0. The van der Waals surface area contributed by atoms with Gasteiger partial charge in [0, 0.05) is 0 Å². The predicted molar refractivity (Wildman–Crippen MR) is 61.2 cm³/mol. The summed E-state index contributed by atoms with van der Waals surface area (Å²) in [5.41, 5.74) is -0.773. The maximum Gasteiger partial charge on any atom is 0.0805 e. The van der Waals surface area contributed by atoms with E-state index in [1.807, 2.05) is 6.92 Å². The van der Waals surface area contributed by atoms with Gasteiger partial charge in [-0.05, 0) is 32.1 Å². The molecule has 0 amide bonds. The Hall–Kier alpha value is -0.550. The monoisotopic (exact) mass is 209 g/mol. The van der Waals surface area contributed by atoms with Crippen LogP contribution in [-0.2, 0) is 0 Å². The number of aliphatic hydroxyl groups is 1. The minimum atomic E-state index is -0.773. The standard InChI is InChI=1S/C13H23NO/c1-3-7-12(10-14)13(2,15)11-8-5-4-6-9-11/h11-12,15H,3-9H2,1-2H3. The number of hydrogen-bond acceptors (Lipinski definition) is 2. The van der Waals surface area contributed by atoms with Crippen LogP contribution in [0, 0.1) is 23.2 Å². The molecule has 0 radical (unpaired) electrons. The molecule has 86 valence electrons. The molecule has 1 saturated carbocycles. The molecule has 1 aliphatic carbocycles. The van der Waals surface area contributed by atoms with Gasteiger partial charge >= 0.3 is 0 Å². The van der Waals surface area contributed by atoms with Crippen LogP contribution in [0.2, 0.25) is 0 Å². The summed E-state index contributed by atoms with van der Waals surface area (Å²) in [6.45, 7) is 3.94. The zero-order valence-corrected chi connectivity index (χ0v) is 10.00. The maximum atomic E-state index is 10.5. The Morgan fingerprint density at radius 1 is 1.40 bits per heavy atom. The molecule has 2 unspecified atom stereocenters. The van der Waals surface area contributed by atoms with Gasteiger partial charge in [0.2, 0.25) is 0 Å². The van der Waals surface area contributed by atoms with Gasteiger partial charge in [0.15, 0.2) is 0 Å². The van der Waals surface area contributed by atoms with Gasteiger partial charge in [-0.2, -0.15) is 5.26 Å². The Labute approximate surface area is 93.3 Å². The Balaban J connectivity index is 2.65. The van der Waals surface area contributed by atoms with E-state index in [0.29, 0.717) is 5.92 Å². The minimum absolute atomic E-state index is 0.189. The first-order chi connectivity index (χ1) is 7.12. The molecule has 0 aromatic heterocycles. The smallest absolute Gasteiger partial charge is 0.0805 e. The summed E-state index contributed by atoms with van der Waals surface area (Å²) >= 11 is 0. The van der Waals surface area contributed by atoms with Crippen LogP contribution in [-0.4, -0.2) is 10.7 Å². The molecule has 15 heavy (non-hydrogen) atoms. The second-order valence-electron chi connectivity index (χ2n) is 5.03. The molecule has 0 spiro atoms. The fourth-order valence-corrected chi connectivity index (χ4v) is 2.75. The van der Waals surface area contributed by atoms with E-state index in [0.717, 1.165) is 25.7 Å². The van der Waals surface area contributed by atoms with Crippen molar-refractivity contribution in [1.29, 1.82) is 5.26 Å². The number of hydrogen-bond donors (Lipinski definition) is 1. The van der Waals surface area contributed by atoms with E-state index in [-0.39, 0.29) is 5.92 Å². The lowest BCUT2D eigenvalue weighted by molar-refractivity contribution is -0.0507. The van der Waals surface area contributed by atoms with Crippen LogP contribution in [0.5, 0.6) is 0 Å². The molecule has 1 rings (SSSR count). The molecule has 0 bridgehead atoms. The van der Waals surface area contributed by atoms with E-state index in [4.69, 9.17) is 5.26 Å². The van der Waals surface area contributed by atoms with Crippen LogP contribution < -0.4 is 0 Å². The third-order valence-corrected chi connectivity index (χ3v) is 3.87. The molecule has 0 aliphatic heterocycles. The van der Waals surface area contributed by atoms with Crippen molar-refractivity contribution in [2.24, 2.45) is 11.8 Å². The van der Waals surface area contributed by atoms with Crippen molar-refractivity contribution >= 4 is 0 Å². The quantitative estimate of drug-likeness (QED) is 0.772. The number of nitrogens with zero attached hydrogens (tertiary/aromatic N) is 1. The molecule has 1 fully saturated rings. The zero-order chi connectivity index (χ0) is 11.3. The summed E-state index contributed by atoms with van der Waals surface area (Å²) in [5.74, 6) is 0.146. The average Bonchev–Trinajstić information content (AvgIpc) is 2.27. The fraction of sp³-hybridized carbons (Fsp3) is 0.923. The molecule has 0 aromatic rings. The lowest BCUT2D eigenvalue weighted by Crippen LogP contribution is -2.42. The van der Waals surface area contributed by atoms with Crippen LogP contribution in [0.3, 0.4) is 0 Å². The van der Waals surface area contributed by atoms with Crippen LogP contribution in [0.25, 0.3) is 0 Å². The van der Waals surface area contributed by atoms with Gasteiger partial charge in [0.1, 0.15) is 0 Å². The van der Waals surface area contributed by atoms with Crippen molar-refractivity contribution < 1.29 is 5.11 Å². The normalized spacial score (nSPS) is 24.1. The second-order valence-corrected chi connectivity index (χ2v) is 5.03. The van der Waals surface area contributed by atoms with Crippen molar-refractivity contribution in [1.82, 2.24) is 0 Å². The summed E-state index contributed by atoms with van der Waals surface area (Å²) in [5, 5.41) is 19.6. The van der Waals surface area contributed by atoms with Gasteiger partial charge in [0.05, 0.1) is 17.6 Å². The second kappa shape index (κ2) is 5.51. The first-order valence-electron chi connectivity index (χ1n) is 6.25. The zero-order valence-electron chi connectivity index (χ0n) is 10.00. The van der Waals surface area contributed by atoms with Crippen molar-refractivity contribution in [3.05, 3.63) is 0 Å². The molecule has 2 atom stereocenters. The molecule has 0 heterocycles. The highest BCUT2D eigenvalue weighted by molar-refractivity contribution is 5.00. The molecular weight excluding hydrogens is 186 g/mol. The SMILES string of the molecule is CCCC(C#N)C(C)(O)C1CCCCC1. The van der Waals surface area contributed by atoms with Crippen LogP contribution in [0.1, 0.15) is 58.8 Å². The first-order valence-corrected chi connectivity index (χ1v) is 6.25. The van der Waals surface area contributed by atoms with E-state index >= 15 is 0 Å². The summed E-state index contributed by atoms with van der Waals surface area (Å²) in [7, 11) is 0. The van der Waals surface area contributed by atoms with Gasteiger partial charge in [-0.3, -0.25) is 0 Å². The molecular formula is C13H23NO. The van der Waals surface area contributed by atoms with E-state index in [1.54, 1.807) is 0 Å². The Morgan fingerprint density at radius 3 is 2.47 bits per heavy atom. The molecule has 0 aromatic carbocycles. The molecule has 2 nitrogen and oxygen atoms in total. The highest BCUT2D eigenvalue weighted by Crippen LogP contribution is 2.38. The highest BCUT2D eigenvalue weighted by atomic mass is 16.3. The van der Waals surface area contributed by atoms with Gasteiger partial charge in [-0.1, -0.05) is 32.6 Å². The lowest BCUT2D eigenvalue weighted by atomic mass is 9.71. The van der Waals surface area contributed by atoms with Crippen molar-refractivity contribution in [3.63, 3.8) is 0 Å². The van der Waals surface area contributed by atoms with E-state index in [1.165, 1.54) is 19.3 Å². The van der Waals surface area contributed by atoms with E-state index in [2.05, 4.69) is 13.0 Å². The minimum Gasteiger partial charge on any atom is -0.389 e.